The van der Waals surface area contributed by atoms with Gasteiger partial charge in [0.1, 0.15) is 0 Å². The lowest BCUT2D eigenvalue weighted by atomic mass is 9.86. The highest BCUT2D eigenvalue weighted by atomic mass is 15.1. The number of fused-ring (bicyclic) bond motifs is 2. The van der Waals surface area contributed by atoms with Crippen LogP contribution in [0.15, 0.2) is 97.6 Å². The molecule has 0 bridgehead atoms. The second-order valence-electron chi connectivity index (χ2n) is 8.60. The van der Waals surface area contributed by atoms with Crippen molar-refractivity contribution in [3.63, 3.8) is 0 Å². The van der Waals surface area contributed by atoms with Gasteiger partial charge in [-0.05, 0) is 75.7 Å². The Morgan fingerprint density at radius 2 is 1.34 bits per heavy atom. The van der Waals surface area contributed by atoms with Crippen molar-refractivity contribution in [2.45, 2.75) is 25.7 Å². The molecule has 142 valence electrons. The Labute approximate surface area is 172 Å². The Morgan fingerprint density at radius 3 is 2.14 bits per heavy atom. The van der Waals surface area contributed by atoms with E-state index in [4.69, 9.17) is 0 Å². The van der Waals surface area contributed by atoms with Crippen LogP contribution in [-0.4, -0.2) is 0 Å². The van der Waals surface area contributed by atoms with Gasteiger partial charge in [0, 0.05) is 17.1 Å². The normalized spacial score (nSPS) is 14.8. The summed E-state index contributed by atoms with van der Waals surface area (Å²) < 4.78 is 0. The Kier molecular flexibility index (Phi) is 4.06. The predicted molar refractivity (Wildman–Crippen MR) is 125 cm³/mol. The Morgan fingerprint density at radius 1 is 0.690 bits per heavy atom. The summed E-state index contributed by atoms with van der Waals surface area (Å²) in [6.07, 6.45) is 1.02. The van der Waals surface area contributed by atoms with Gasteiger partial charge >= 0.3 is 0 Å². The van der Waals surface area contributed by atoms with Crippen LogP contribution in [0.1, 0.15) is 31.4 Å². The van der Waals surface area contributed by atoms with Gasteiger partial charge in [0.05, 0.1) is 0 Å². The van der Waals surface area contributed by atoms with Crippen LogP contribution in [0.3, 0.4) is 0 Å². The maximum absolute atomic E-state index is 4.30. The second kappa shape index (κ2) is 6.63. The van der Waals surface area contributed by atoms with Gasteiger partial charge in [0.15, 0.2) is 0 Å². The van der Waals surface area contributed by atoms with E-state index in [2.05, 4.69) is 116 Å². The first-order valence-electron chi connectivity index (χ1n) is 10.2. The zero-order valence-corrected chi connectivity index (χ0v) is 17.0. The van der Waals surface area contributed by atoms with E-state index in [0.717, 1.165) is 12.1 Å². The highest BCUT2D eigenvalue weighted by Crippen LogP contribution is 2.47. The third-order valence-corrected chi connectivity index (χ3v) is 6.03. The summed E-state index contributed by atoms with van der Waals surface area (Å²) in [5.74, 6) is 0. The molecule has 29 heavy (non-hydrogen) atoms. The predicted octanol–water partition coefficient (Wildman–Crippen LogP) is 8.00. The summed E-state index contributed by atoms with van der Waals surface area (Å²) in [6, 6.07) is 32.7. The topological polar surface area (TPSA) is 3.24 Å². The minimum atomic E-state index is 0.119. The zero-order chi connectivity index (χ0) is 20.0. The summed E-state index contributed by atoms with van der Waals surface area (Å²) in [4.78, 5) is 2.35. The molecule has 4 aromatic rings. The molecule has 0 unspecified atom stereocenters. The summed E-state index contributed by atoms with van der Waals surface area (Å²) in [6.45, 7) is 8.93. The number of allylic oxidation sites excluding steroid dienone is 1. The van der Waals surface area contributed by atoms with Crippen molar-refractivity contribution >= 4 is 33.4 Å². The van der Waals surface area contributed by atoms with Gasteiger partial charge in [0.25, 0.3) is 0 Å². The van der Waals surface area contributed by atoms with Crippen molar-refractivity contribution in [1.82, 2.24) is 0 Å². The average Bonchev–Trinajstić information content (AvgIpc) is 2.97. The molecule has 0 amide bonds. The van der Waals surface area contributed by atoms with Crippen LogP contribution in [0.25, 0.3) is 16.3 Å². The molecule has 1 nitrogen and oxygen atoms in total. The molecule has 4 aromatic carbocycles. The van der Waals surface area contributed by atoms with E-state index < -0.39 is 0 Å². The van der Waals surface area contributed by atoms with Crippen molar-refractivity contribution in [2.75, 3.05) is 4.90 Å². The van der Waals surface area contributed by atoms with Crippen molar-refractivity contribution in [2.24, 2.45) is 0 Å². The second-order valence-corrected chi connectivity index (χ2v) is 8.60. The number of hydrogen-bond acceptors (Lipinski definition) is 1. The molecule has 1 aliphatic carbocycles. The highest BCUT2D eigenvalue weighted by Gasteiger charge is 2.32. The molecule has 0 aliphatic heterocycles. The zero-order valence-electron chi connectivity index (χ0n) is 17.0. The van der Waals surface area contributed by atoms with Crippen LogP contribution in [0.4, 0.5) is 17.1 Å². The van der Waals surface area contributed by atoms with Gasteiger partial charge < -0.3 is 4.90 Å². The van der Waals surface area contributed by atoms with Gasteiger partial charge in [-0.1, -0.05) is 75.0 Å². The fraction of sp³-hybridized carbons (Fsp3) is 0.143. The van der Waals surface area contributed by atoms with Crippen molar-refractivity contribution in [3.8, 4) is 0 Å². The molecule has 1 heteroatoms. The average molecular weight is 376 g/mol. The van der Waals surface area contributed by atoms with Gasteiger partial charge in [-0.2, -0.15) is 0 Å². The van der Waals surface area contributed by atoms with Gasteiger partial charge in [-0.3, -0.25) is 0 Å². The van der Waals surface area contributed by atoms with Gasteiger partial charge in [-0.25, -0.2) is 0 Å². The first-order valence-corrected chi connectivity index (χ1v) is 10.2. The summed E-state index contributed by atoms with van der Waals surface area (Å²) >= 11 is 0. The van der Waals surface area contributed by atoms with E-state index in [9.17, 15) is 0 Å². The molecule has 0 spiro atoms. The quantitative estimate of drug-likeness (QED) is 0.350. The number of hydrogen-bond donors (Lipinski definition) is 0. The molecule has 0 N–H and O–H groups in total. The van der Waals surface area contributed by atoms with Crippen LogP contribution in [0, 0.1) is 0 Å². The van der Waals surface area contributed by atoms with E-state index >= 15 is 0 Å². The van der Waals surface area contributed by atoms with E-state index in [-0.39, 0.29) is 5.41 Å². The minimum Gasteiger partial charge on any atom is -0.310 e. The van der Waals surface area contributed by atoms with Crippen LogP contribution < -0.4 is 4.90 Å². The minimum absolute atomic E-state index is 0.119. The summed E-state index contributed by atoms with van der Waals surface area (Å²) in [5, 5.41) is 2.51. The fourth-order valence-electron chi connectivity index (χ4n) is 4.60. The SMILES string of the molecule is C=C1CC(C)(C)c2cc(N(c3ccccc3)c3ccc4ccccc4c3)ccc21. The lowest BCUT2D eigenvalue weighted by molar-refractivity contribution is 0.563. The summed E-state index contributed by atoms with van der Waals surface area (Å²) in [5.41, 5.74) is 7.59. The van der Waals surface area contributed by atoms with Crippen molar-refractivity contribution in [3.05, 3.63) is 109 Å². The van der Waals surface area contributed by atoms with Crippen LogP contribution >= 0.6 is 0 Å². The van der Waals surface area contributed by atoms with Gasteiger partial charge in [-0.15, -0.1) is 0 Å². The lowest BCUT2D eigenvalue weighted by Gasteiger charge is -2.28. The number of benzene rings is 4. The maximum atomic E-state index is 4.30. The van der Waals surface area contributed by atoms with E-state index in [0.29, 0.717) is 0 Å². The molecule has 1 aliphatic rings. The first kappa shape index (κ1) is 17.8. The molecule has 0 fully saturated rings. The molecule has 0 radical (unpaired) electrons. The monoisotopic (exact) mass is 375 g/mol. The van der Waals surface area contributed by atoms with Crippen LogP contribution in [0.5, 0.6) is 0 Å². The number of rotatable bonds is 3. The lowest BCUT2D eigenvalue weighted by Crippen LogP contribution is -2.14. The Hall–Kier alpha value is -3.32. The molecule has 0 saturated heterocycles. The van der Waals surface area contributed by atoms with E-state index in [1.54, 1.807) is 0 Å². The third kappa shape index (κ3) is 3.03. The fourth-order valence-corrected chi connectivity index (χ4v) is 4.60. The largest absolute Gasteiger partial charge is 0.310 e. The molecular weight excluding hydrogens is 350 g/mol. The molecule has 0 saturated carbocycles. The standard InChI is InChI=1S/C28H25N/c1-20-19-28(2,3)27-18-25(15-16-26(20)27)29(23-11-5-4-6-12-23)24-14-13-21-9-7-8-10-22(21)17-24/h4-18H,1,19H2,2-3H3. The number of anilines is 3. The molecule has 0 atom stereocenters. The van der Waals surface area contributed by atoms with Crippen molar-refractivity contribution < 1.29 is 0 Å². The van der Waals surface area contributed by atoms with E-state index in [1.807, 2.05) is 0 Å². The van der Waals surface area contributed by atoms with E-state index in [1.165, 1.54) is 38.8 Å². The number of nitrogens with zero attached hydrogens (tertiary/aromatic N) is 1. The maximum Gasteiger partial charge on any atom is 0.0468 e. The molecule has 5 rings (SSSR count). The Balaban J connectivity index is 1.71. The third-order valence-electron chi connectivity index (χ3n) is 6.03. The van der Waals surface area contributed by atoms with Crippen molar-refractivity contribution in [1.29, 1.82) is 0 Å². The van der Waals surface area contributed by atoms with Crippen LogP contribution in [0.2, 0.25) is 0 Å². The van der Waals surface area contributed by atoms with Gasteiger partial charge in [0.2, 0.25) is 0 Å². The molecular formula is C28H25N. The highest BCUT2D eigenvalue weighted by molar-refractivity contribution is 5.89. The smallest absolute Gasteiger partial charge is 0.0468 e. The Bertz CT molecular complexity index is 1220. The first-order chi connectivity index (χ1) is 14.0. The molecule has 0 aromatic heterocycles. The van der Waals surface area contributed by atoms with Crippen LogP contribution in [-0.2, 0) is 5.41 Å². The number of para-hydroxylation sites is 1. The summed E-state index contributed by atoms with van der Waals surface area (Å²) in [7, 11) is 0. The molecule has 0 heterocycles.